The fourth-order valence-electron chi connectivity index (χ4n) is 7.20. The molecule has 4 N–H and O–H groups in total. The molecule has 0 bridgehead atoms. The molecule has 12 nitrogen and oxygen atoms in total. The van der Waals surface area contributed by atoms with Crippen molar-refractivity contribution in [2.45, 2.75) is 224 Å². The standard InChI is InChI=1S/C50H88O12S/c1-3-5-7-9-11-13-15-16-17-18-19-20-21-22-23-24-25-26-27-28-29-31-33-35-37-39-46(52)60-44(42-58-40-38-36-34-32-30-14-12-10-8-6-4-2)43-59-50-48(54)49(62-63(55,56)57)47(53)45(41-51)61-50/h5,7-8,10-11,13,16-17,19-20,44-45,47-51,53-54H,3-4,6,9,12,14-15,18,21-43H2,1-2H3,(H,55,56,57)/b7-5-,10-8-,13-11-,17-16-,20-19-. The first-order chi connectivity index (χ1) is 30.6. The summed E-state index contributed by atoms with van der Waals surface area (Å²) in [5.74, 6) is -0.406. The number of carbonyl (C=O) groups excluding carboxylic acids is 1. The third kappa shape index (κ3) is 34.8. The fraction of sp³-hybridized carbons (Fsp3) is 0.780. The quantitative estimate of drug-likeness (QED) is 0.0197. The molecule has 1 heterocycles. The highest BCUT2D eigenvalue weighted by Crippen LogP contribution is 2.26. The summed E-state index contributed by atoms with van der Waals surface area (Å²) in [6.45, 7) is 3.80. The van der Waals surface area contributed by atoms with Crippen LogP contribution in [0.4, 0.5) is 0 Å². The second-order valence-electron chi connectivity index (χ2n) is 16.7. The van der Waals surface area contributed by atoms with Crippen LogP contribution in [0.25, 0.3) is 0 Å². The zero-order valence-electron chi connectivity index (χ0n) is 39.1. The molecule has 1 aliphatic rings. The van der Waals surface area contributed by atoms with Crippen LogP contribution in [-0.2, 0) is 38.3 Å². The maximum atomic E-state index is 12.9. The van der Waals surface area contributed by atoms with Crippen molar-refractivity contribution in [3.05, 3.63) is 60.8 Å². The van der Waals surface area contributed by atoms with Crippen LogP contribution in [0.5, 0.6) is 0 Å². The fourth-order valence-corrected chi connectivity index (χ4v) is 7.70. The van der Waals surface area contributed by atoms with Crippen LogP contribution in [0, 0.1) is 0 Å². The van der Waals surface area contributed by atoms with Gasteiger partial charge in [0.1, 0.15) is 30.5 Å². The Kier molecular flexibility index (Phi) is 38.5. The third-order valence-corrected chi connectivity index (χ3v) is 11.3. The van der Waals surface area contributed by atoms with Crippen molar-refractivity contribution >= 4 is 16.4 Å². The predicted octanol–water partition coefficient (Wildman–Crippen LogP) is 10.9. The second-order valence-corrected chi connectivity index (χ2v) is 17.7. The van der Waals surface area contributed by atoms with Crippen LogP contribution >= 0.6 is 0 Å². The first kappa shape index (κ1) is 58.8. The van der Waals surface area contributed by atoms with Gasteiger partial charge in [-0.05, 0) is 70.6 Å². The van der Waals surface area contributed by atoms with Gasteiger partial charge in [0.15, 0.2) is 6.29 Å². The monoisotopic (exact) mass is 913 g/mol. The van der Waals surface area contributed by atoms with Gasteiger partial charge in [0.25, 0.3) is 0 Å². The Labute approximate surface area is 382 Å². The number of esters is 1. The van der Waals surface area contributed by atoms with Crippen LogP contribution < -0.4 is 0 Å². The molecule has 366 valence electrons. The highest BCUT2D eigenvalue weighted by molar-refractivity contribution is 7.80. The van der Waals surface area contributed by atoms with E-state index in [0.29, 0.717) is 13.0 Å². The largest absolute Gasteiger partial charge is 0.457 e. The number of aliphatic hydroxyl groups is 3. The molecule has 1 saturated heterocycles. The molecule has 0 saturated carbocycles. The molecule has 13 heteroatoms. The lowest BCUT2D eigenvalue weighted by atomic mass is 9.99. The van der Waals surface area contributed by atoms with Gasteiger partial charge in [-0.3, -0.25) is 9.35 Å². The summed E-state index contributed by atoms with van der Waals surface area (Å²) >= 11 is 0. The van der Waals surface area contributed by atoms with Crippen LogP contribution in [0.1, 0.15) is 187 Å². The lowest BCUT2D eigenvalue weighted by molar-refractivity contribution is -0.301. The van der Waals surface area contributed by atoms with Crippen molar-refractivity contribution in [1.29, 1.82) is 0 Å². The van der Waals surface area contributed by atoms with E-state index in [1.165, 1.54) is 77.0 Å². The van der Waals surface area contributed by atoms with E-state index in [2.05, 4.69) is 78.8 Å². The highest BCUT2D eigenvalue weighted by atomic mass is 32.3. The molecule has 0 amide bonds. The number of unbranched alkanes of at least 4 members (excludes halogenated alkanes) is 19. The number of rotatable bonds is 42. The van der Waals surface area contributed by atoms with Crippen molar-refractivity contribution in [3.63, 3.8) is 0 Å². The molecule has 0 aliphatic carbocycles. The van der Waals surface area contributed by atoms with Crippen molar-refractivity contribution in [2.24, 2.45) is 0 Å². The predicted molar refractivity (Wildman–Crippen MR) is 253 cm³/mol. The Morgan fingerprint density at radius 3 is 1.62 bits per heavy atom. The zero-order valence-corrected chi connectivity index (χ0v) is 39.9. The first-order valence-electron chi connectivity index (χ1n) is 24.5. The molecule has 0 aromatic rings. The summed E-state index contributed by atoms with van der Waals surface area (Å²) in [7, 11) is -5.06. The molecular weight excluding hydrogens is 825 g/mol. The normalized spacial score (nSPS) is 20.4. The molecule has 1 aliphatic heterocycles. The third-order valence-electron chi connectivity index (χ3n) is 10.9. The summed E-state index contributed by atoms with van der Waals surface area (Å²) < 4.78 is 59.1. The van der Waals surface area contributed by atoms with Gasteiger partial charge >= 0.3 is 16.4 Å². The zero-order chi connectivity index (χ0) is 46.1. The van der Waals surface area contributed by atoms with Gasteiger partial charge in [0.05, 0.1) is 19.8 Å². The lowest BCUT2D eigenvalue weighted by Crippen LogP contribution is -2.60. The number of aliphatic hydroxyl groups excluding tert-OH is 3. The first-order valence-corrected chi connectivity index (χ1v) is 25.9. The highest BCUT2D eigenvalue weighted by Gasteiger charge is 2.48. The van der Waals surface area contributed by atoms with Crippen molar-refractivity contribution < 1.29 is 56.2 Å². The van der Waals surface area contributed by atoms with Crippen molar-refractivity contribution in [2.75, 3.05) is 26.4 Å². The van der Waals surface area contributed by atoms with E-state index < -0.39 is 59.8 Å². The van der Waals surface area contributed by atoms with Gasteiger partial charge < -0.3 is 34.3 Å². The average Bonchev–Trinajstić information content (AvgIpc) is 3.26. The molecule has 0 aromatic carbocycles. The Bertz CT molecular complexity index is 1330. The molecule has 0 spiro atoms. The molecular formula is C50H88O12S. The van der Waals surface area contributed by atoms with E-state index in [4.69, 9.17) is 23.5 Å². The number of allylic oxidation sites excluding steroid dienone is 10. The second kappa shape index (κ2) is 41.2. The maximum Gasteiger partial charge on any atom is 0.397 e. The summed E-state index contributed by atoms with van der Waals surface area (Å²) in [4.78, 5) is 12.9. The average molecular weight is 913 g/mol. The van der Waals surface area contributed by atoms with Crippen molar-refractivity contribution in [3.8, 4) is 0 Å². The van der Waals surface area contributed by atoms with Gasteiger partial charge in [-0.25, -0.2) is 4.18 Å². The van der Waals surface area contributed by atoms with E-state index in [9.17, 15) is 28.5 Å². The summed E-state index contributed by atoms with van der Waals surface area (Å²) in [5.41, 5.74) is 0. The van der Waals surface area contributed by atoms with Crippen LogP contribution in [0.2, 0.25) is 0 Å². The van der Waals surface area contributed by atoms with E-state index in [1.54, 1.807) is 0 Å². The van der Waals surface area contributed by atoms with E-state index >= 15 is 0 Å². The van der Waals surface area contributed by atoms with Crippen molar-refractivity contribution in [1.82, 2.24) is 0 Å². The molecule has 0 aromatic heterocycles. The molecule has 6 atom stereocenters. The van der Waals surface area contributed by atoms with Gasteiger partial charge in [-0.15, -0.1) is 0 Å². The molecule has 6 unspecified atom stereocenters. The molecule has 1 rings (SSSR count). The summed E-state index contributed by atoms with van der Waals surface area (Å²) in [5, 5.41) is 30.7. The minimum atomic E-state index is -5.06. The van der Waals surface area contributed by atoms with E-state index in [-0.39, 0.29) is 19.6 Å². The number of ether oxygens (including phenoxy) is 4. The molecule has 1 fully saturated rings. The lowest BCUT2D eigenvalue weighted by Gasteiger charge is -2.41. The summed E-state index contributed by atoms with van der Waals surface area (Å²) in [6.07, 6.45) is 42.6. The van der Waals surface area contributed by atoms with Gasteiger partial charge in [-0.1, -0.05) is 171 Å². The number of carbonyl (C=O) groups is 1. The van der Waals surface area contributed by atoms with Gasteiger partial charge in [-0.2, -0.15) is 8.42 Å². The Balaban J connectivity index is 2.31. The smallest absolute Gasteiger partial charge is 0.397 e. The minimum absolute atomic E-state index is 0.0294. The Morgan fingerprint density at radius 2 is 1.10 bits per heavy atom. The maximum absolute atomic E-state index is 12.9. The Morgan fingerprint density at radius 1 is 0.619 bits per heavy atom. The SMILES string of the molecule is CC/C=C\C/C=C\C/C=C\C/C=C\CCCCCCCCCCCCCCC(=O)OC(COCCCCCCCC/C=C\CCC)COC1OC(CO)C(O)C(OS(=O)(=O)O)C1O. The van der Waals surface area contributed by atoms with Gasteiger partial charge in [0.2, 0.25) is 0 Å². The van der Waals surface area contributed by atoms with E-state index in [0.717, 1.165) is 83.5 Å². The number of hydrogen-bond acceptors (Lipinski definition) is 11. The number of hydrogen-bond donors (Lipinski definition) is 4. The minimum Gasteiger partial charge on any atom is -0.457 e. The van der Waals surface area contributed by atoms with Gasteiger partial charge in [0, 0.05) is 13.0 Å². The van der Waals surface area contributed by atoms with Crippen LogP contribution in [-0.4, -0.2) is 97.5 Å². The topological polar surface area (TPSA) is 178 Å². The van der Waals surface area contributed by atoms with Crippen LogP contribution in [0.3, 0.4) is 0 Å². The Hall–Kier alpha value is -2.20. The van der Waals surface area contributed by atoms with Crippen LogP contribution in [0.15, 0.2) is 60.8 Å². The van der Waals surface area contributed by atoms with E-state index in [1.807, 2.05) is 0 Å². The summed E-state index contributed by atoms with van der Waals surface area (Å²) in [6, 6.07) is 0. The molecule has 0 radical (unpaired) electrons. The molecule has 63 heavy (non-hydrogen) atoms.